The summed E-state index contributed by atoms with van der Waals surface area (Å²) in [6.07, 6.45) is 7.61. The molecular formula is C21H19N7OS. The number of fused-ring (bicyclic) bond motifs is 2. The number of hydrogen-bond acceptors (Lipinski definition) is 7. The molecule has 6 rings (SSSR count). The van der Waals surface area contributed by atoms with Gasteiger partial charge in [0.25, 0.3) is 0 Å². The fourth-order valence-electron chi connectivity index (χ4n) is 3.88. The second-order valence-corrected chi connectivity index (χ2v) is 8.62. The maximum atomic E-state index is 5.45. The minimum atomic E-state index is 0.379. The van der Waals surface area contributed by atoms with Crippen LogP contribution in [0, 0.1) is 0 Å². The fourth-order valence-corrected chi connectivity index (χ4v) is 4.93. The first-order chi connectivity index (χ1) is 14.8. The molecule has 0 spiro atoms. The number of benzene rings is 1. The van der Waals surface area contributed by atoms with E-state index in [1.54, 1.807) is 17.5 Å². The maximum Gasteiger partial charge on any atom is 0.221 e. The second-order valence-electron chi connectivity index (χ2n) is 7.45. The Morgan fingerprint density at radius 1 is 1.13 bits per heavy atom. The van der Waals surface area contributed by atoms with Crippen molar-refractivity contribution in [2.75, 3.05) is 13.2 Å². The molecule has 9 heteroatoms. The van der Waals surface area contributed by atoms with Crippen LogP contribution in [-0.4, -0.2) is 48.0 Å². The lowest BCUT2D eigenvalue weighted by Crippen LogP contribution is -2.19. The molecule has 1 aromatic carbocycles. The van der Waals surface area contributed by atoms with E-state index in [1.165, 1.54) is 15.0 Å². The molecule has 0 radical (unpaired) electrons. The van der Waals surface area contributed by atoms with Crippen LogP contribution in [0.25, 0.3) is 32.6 Å². The Labute approximate surface area is 176 Å². The standard InChI is InChI=1S/C21H19N7OS/c1-2-4-19-14(3-1)9-17(30-19)13-28-21-20(25-26-28)22-11-18(24-21)15-10-23-27(12-15)16-5-7-29-8-6-16/h1-4,9-12,16H,5-8,13H2. The molecule has 0 amide bonds. The van der Waals surface area contributed by atoms with E-state index in [4.69, 9.17) is 9.72 Å². The quantitative estimate of drug-likeness (QED) is 0.443. The Morgan fingerprint density at radius 3 is 2.93 bits per heavy atom. The molecular weight excluding hydrogens is 398 g/mol. The molecule has 8 nitrogen and oxygen atoms in total. The molecule has 5 aromatic rings. The highest BCUT2D eigenvalue weighted by Gasteiger charge is 2.18. The van der Waals surface area contributed by atoms with Crippen LogP contribution < -0.4 is 0 Å². The summed E-state index contributed by atoms with van der Waals surface area (Å²) in [5, 5.41) is 14.3. The van der Waals surface area contributed by atoms with Gasteiger partial charge in [0.2, 0.25) is 5.65 Å². The van der Waals surface area contributed by atoms with Crippen LogP contribution in [0.3, 0.4) is 0 Å². The van der Waals surface area contributed by atoms with Crippen molar-refractivity contribution in [3.63, 3.8) is 0 Å². The van der Waals surface area contributed by atoms with Gasteiger partial charge in [0.15, 0.2) is 5.65 Å². The Bertz CT molecular complexity index is 1300. The van der Waals surface area contributed by atoms with Crippen molar-refractivity contribution in [3.8, 4) is 11.3 Å². The Hall–Kier alpha value is -3.17. The van der Waals surface area contributed by atoms with Crippen molar-refractivity contribution in [1.29, 1.82) is 0 Å². The average Bonchev–Trinajstić information content (AvgIpc) is 3.52. The van der Waals surface area contributed by atoms with E-state index in [0.29, 0.717) is 23.9 Å². The molecule has 30 heavy (non-hydrogen) atoms. The number of nitrogens with zero attached hydrogens (tertiary/aromatic N) is 7. The van der Waals surface area contributed by atoms with Crippen molar-refractivity contribution >= 4 is 32.7 Å². The molecule has 1 saturated heterocycles. The van der Waals surface area contributed by atoms with E-state index in [1.807, 2.05) is 21.8 Å². The number of rotatable bonds is 4. The van der Waals surface area contributed by atoms with E-state index < -0.39 is 0 Å². The van der Waals surface area contributed by atoms with Crippen molar-refractivity contribution < 1.29 is 4.74 Å². The monoisotopic (exact) mass is 417 g/mol. The Balaban J connectivity index is 1.32. The molecule has 4 aromatic heterocycles. The largest absolute Gasteiger partial charge is 0.381 e. The predicted molar refractivity (Wildman–Crippen MR) is 114 cm³/mol. The maximum absolute atomic E-state index is 5.45. The summed E-state index contributed by atoms with van der Waals surface area (Å²) in [5.41, 5.74) is 2.96. The third-order valence-corrected chi connectivity index (χ3v) is 6.57. The van der Waals surface area contributed by atoms with E-state index in [9.17, 15) is 0 Å². The smallest absolute Gasteiger partial charge is 0.221 e. The molecule has 1 aliphatic heterocycles. The molecule has 0 bridgehead atoms. The molecule has 1 aliphatic rings. The van der Waals surface area contributed by atoms with Crippen LogP contribution in [0.2, 0.25) is 0 Å². The molecule has 0 saturated carbocycles. The van der Waals surface area contributed by atoms with Crippen LogP contribution in [0.15, 0.2) is 48.9 Å². The number of aromatic nitrogens is 7. The van der Waals surface area contributed by atoms with Crippen LogP contribution in [0.4, 0.5) is 0 Å². The summed E-state index contributed by atoms with van der Waals surface area (Å²) in [6.45, 7) is 2.19. The molecule has 0 unspecified atom stereocenters. The van der Waals surface area contributed by atoms with E-state index >= 15 is 0 Å². The van der Waals surface area contributed by atoms with Gasteiger partial charge in [-0.2, -0.15) is 5.10 Å². The highest BCUT2D eigenvalue weighted by atomic mass is 32.1. The predicted octanol–water partition coefficient (Wildman–Crippen LogP) is 3.70. The third kappa shape index (κ3) is 3.16. The summed E-state index contributed by atoms with van der Waals surface area (Å²) in [7, 11) is 0. The van der Waals surface area contributed by atoms with Crippen LogP contribution in [-0.2, 0) is 11.3 Å². The van der Waals surface area contributed by atoms with Gasteiger partial charge < -0.3 is 4.74 Å². The molecule has 0 aliphatic carbocycles. The summed E-state index contributed by atoms with van der Waals surface area (Å²) in [4.78, 5) is 10.5. The molecule has 5 heterocycles. The number of ether oxygens (including phenoxy) is 1. The minimum Gasteiger partial charge on any atom is -0.381 e. The first kappa shape index (κ1) is 17.7. The molecule has 0 N–H and O–H groups in total. The molecule has 150 valence electrons. The van der Waals surface area contributed by atoms with Gasteiger partial charge in [-0.3, -0.25) is 4.68 Å². The number of hydrogen-bond donors (Lipinski definition) is 0. The van der Waals surface area contributed by atoms with Crippen molar-refractivity contribution in [2.45, 2.75) is 25.4 Å². The SMILES string of the molecule is c1ccc2sc(Cn3nnc4ncc(-c5cnn(C6CCOCC6)c5)nc43)cc2c1. The molecule has 1 fully saturated rings. The van der Waals surface area contributed by atoms with Crippen LogP contribution >= 0.6 is 11.3 Å². The minimum absolute atomic E-state index is 0.379. The number of thiophene rings is 1. The second kappa shape index (κ2) is 7.26. The van der Waals surface area contributed by atoms with Gasteiger partial charge in [0.05, 0.1) is 30.7 Å². The highest BCUT2D eigenvalue weighted by Crippen LogP contribution is 2.27. The van der Waals surface area contributed by atoms with Crippen molar-refractivity contribution in [1.82, 2.24) is 34.7 Å². The topological polar surface area (TPSA) is 83.5 Å². The van der Waals surface area contributed by atoms with Crippen LogP contribution in [0.5, 0.6) is 0 Å². The highest BCUT2D eigenvalue weighted by molar-refractivity contribution is 7.19. The zero-order valence-electron chi connectivity index (χ0n) is 16.2. The Kier molecular flexibility index (Phi) is 4.28. The van der Waals surface area contributed by atoms with Gasteiger partial charge in [-0.05, 0) is 30.4 Å². The molecule has 0 atom stereocenters. The third-order valence-electron chi connectivity index (χ3n) is 5.47. The first-order valence-corrected chi connectivity index (χ1v) is 10.8. The zero-order valence-corrected chi connectivity index (χ0v) is 17.0. The van der Waals surface area contributed by atoms with Gasteiger partial charge in [0, 0.05) is 34.6 Å². The van der Waals surface area contributed by atoms with Gasteiger partial charge in [0.1, 0.15) is 0 Å². The Morgan fingerprint density at radius 2 is 2.03 bits per heavy atom. The van der Waals surface area contributed by atoms with Gasteiger partial charge in [-0.1, -0.05) is 23.4 Å². The average molecular weight is 417 g/mol. The van der Waals surface area contributed by atoms with E-state index in [2.05, 4.69) is 50.7 Å². The lowest BCUT2D eigenvalue weighted by Gasteiger charge is -2.22. The van der Waals surface area contributed by atoms with Gasteiger partial charge in [-0.15, -0.1) is 16.4 Å². The summed E-state index contributed by atoms with van der Waals surface area (Å²) in [6, 6.07) is 11.0. The summed E-state index contributed by atoms with van der Waals surface area (Å²) < 4.78 is 10.6. The summed E-state index contributed by atoms with van der Waals surface area (Å²) in [5.74, 6) is 0. The van der Waals surface area contributed by atoms with E-state index in [-0.39, 0.29) is 0 Å². The summed E-state index contributed by atoms with van der Waals surface area (Å²) >= 11 is 1.76. The van der Waals surface area contributed by atoms with Crippen molar-refractivity contribution in [3.05, 3.63) is 53.8 Å². The lowest BCUT2D eigenvalue weighted by atomic mass is 10.1. The van der Waals surface area contributed by atoms with Gasteiger partial charge in [-0.25, -0.2) is 14.6 Å². The van der Waals surface area contributed by atoms with E-state index in [0.717, 1.165) is 37.3 Å². The zero-order chi connectivity index (χ0) is 19.9. The van der Waals surface area contributed by atoms with Crippen LogP contribution in [0.1, 0.15) is 23.8 Å². The lowest BCUT2D eigenvalue weighted by molar-refractivity contribution is 0.0662. The van der Waals surface area contributed by atoms with Gasteiger partial charge >= 0.3 is 0 Å². The normalized spacial score (nSPS) is 15.3. The fraction of sp³-hybridized carbons (Fsp3) is 0.286. The van der Waals surface area contributed by atoms with Crippen molar-refractivity contribution in [2.24, 2.45) is 0 Å². The first-order valence-electron chi connectivity index (χ1n) is 9.99.